The van der Waals surface area contributed by atoms with Gasteiger partial charge in [0, 0.05) is 16.8 Å². The lowest BCUT2D eigenvalue weighted by molar-refractivity contribution is -0.121. The number of carbonyl (C=O) groups is 2. The van der Waals surface area contributed by atoms with Crippen LogP contribution in [-0.4, -0.2) is 29.8 Å². The molecule has 0 spiro atoms. The van der Waals surface area contributed by atoms with Crippen LogP contribution in [0.4, 0.5) is 0 Å². The van der Waals surface area contributed by atoms with Crippen molar-refractivity contribution in [1.29, 1.82) is 0 Å². The van der Waals surface area contributed by atoms with Crippen molar-refractivity contribution in [2.24, 2.45) is 0 Å². The van der Waals surface area contributed by atoms with E-state index in [9.17, 15) is 9.59 Å². The number of halogens is 1. The normalized spacial score (nSPS) is 10.8. The minimum Gasteiger partial charge on any atom is -0.450 e. The fourth-order valence-electron chi connectivity index (χ4n) is 2.44. The van der Waals surface area contributed by atoms with Crippen LogP contribution in [0.2, 0.25) is 0 Å². The predicted octanol–water partition coefficient (Wildman–Crippen LogP) is 4.04. The van der Waals surface area contributed by atoms with Gasteiger partial charge in [-0.25, -0.2) is 0 Å². The van der Waals surface area contributed by atoms with Crippen molar-refractivity contribution in [2.45, 2.75) is 13.5 Å². The van der Waals surface area contributed by atoms with Crippen LogP contribution < -0.4 is 5.32 Å². The van der Waals surface area contributed by atoms with Gasteiger partial charge in [-0.3, -0.25) is 9.59 Å². The number of para-hydroxylation sites is 1. The van der Waals surface area contributed by atoms with Gasteiger partial charge in [0.05, 0.1) is 17.6 Å². The molecule has 0 fully saturated rings. The lowest BCUT2D eigenvalue weighted by Gasteiger charge is -2.18. The molecule has 2 heterocycles. The summed E-state index contributed by atoms with van der Waals surface area (Å²) >= 11 is 4.99. The van der Waals surface area contributed by atoms with E-state index in [1.807, 2.05) is 42.6 Å². The van der Waals surface area contributed by atoms with Crippen LogP contribution in [0.5, 0.6) is 0 Å². The molecule has 3 aromatic rings. The SMILES string of the molecule is CCN(CC(=O)NCc1cccs1)C(=O)c1cc2cccc(Br)c2o1. The van der Waals surface area contributed by atoms with E-state index >= 15 is 0 Å². The third kappa shape index (κ3) is 4.11. The number of fused-ring (bicyclic) bond motifs is 1. The Morgan fingerprint density at radius 3 is 2.80 bits per heavy atom. The molecule has 3 rings (SSSR count). The Labute approximate surface area is 157 Å². The van der Waals surface area contributed by atoms with Crippen LogP contribution in [-0.2, 0) is 11.3 Å². The van der Waals surface area contributed by atoms with E-state index < -0.39 is 0 Å². The molecule has 2 amide bonds. The zero-order valence-corrected chi connectivity index (χ0v) is 16.0. The van der Waals surface area contributed by atoms with Crippen LogP contribution in [0.15, 0.2) is 50.7 Å². The molecule has 7 heteroatoms. The molecule has 0 saturated heterocycles. The summed E-state index contributed by atoms with van der Waals surface area (Å²) in [6, 6.07) is 11.2. The van der Waals surface area contributed by atoms with Gasteiger partial charge in [0.1, 0.15) is 5.58 Å². The van der Waals surface area contributed by atoms with E-state index in [0.29, 0.717) is 18.7 Å². The number of hydrogen-bond acceptors (Lipinski definition) is 4. The Morgan fingerprint density at radius 2 is 2.12 bits per heavy atom. The molecule has 0 bridgehead atoms. The van der Waals surface area contributed by atoms with Gasteiger partial charge in [-0.1, -0.05) is 18.2 Å². The van der Waals surface area contributed by atoms with E-state index in [2.05, 4.69) is 21.2 Å². The Bertz CT molecular complexity index is 889. The summed E-state index contributed by atoms with van der Waals surface area (Å²) in [4.78, 5) is 27.3. The maximum absolute atomic E-state index is 12.7. The Morgan fingerprint density at radius 1 is 1.28 bits per heavy atom. The molecule has 1 N–H and O–H groups in total. The number of nitrogens with one attached hydrogen (secondary N) is 1. The van der Waals surface area contributed by atoms with E-state index in [4.69, 9.17) is 4.42 Å². The first-order chi connectivity index (χ1) is 12.1. The zero-order valence-electron chi connectivity index (χ0n) is 13.6. The standard InChI is InChI=1S/C18H17BrN2O3S/c1-2-21(11-16(22)20-10-13-6-4-8-25-13)18(23)15-9-12-5-3-7-14(19)17(12)24-15/h3-9H,2,10-11H2,1H3,(H,20,22). The first-order valence-electron chi connectivity index (χ1n) is 7.85. The van der Waals surface area contributed by atoms with E-state index in [-0.39, 0.29) is 24.1 Å². The maximum atomic E-state index is 12.7. The van der Waals surface area contributed by atoms with E-state index in [0.717, 1.165) is 14.7 Å². The second-order valence-electron chi connectivity index (χ2n) is 5.44. The van der Waals surface area contributed by atoms with Crippen molar-refractivity contribution >= 4 is 50.1 Å². The van der Waals surface area contributed by atoms with Gasteiger partial charge < -0.3 is 14.6 Å². The van der Waals surface area contributed by atoms with Crippen LogP contribution >= 0.6 is 27.3 Å². The Balaban J connectivity index is 1.67. The van der Waals surface area contributed by atoms with Crippen molar-refractivity contribution < 1.29 is 14.0 Å². The molecule has 0 unspecified atom stereocenters. The van der Waals surface area contributed by atoms with Crippen LogP contribution in [0.3, 0.4) is 0 Å². The summed E-state index contributed by atoms with van der Waals surface area (Å²) in [7, 11) is 0. The number of nitrogens with zero attached hydrogens (tertiary/aromatic N) is 1. The predicted molar refractivity (Wildman–Crippen MR) is 102 cm³/mol. The average Bonchev–Trinajstić information content (AvgIpc) is 3.27. The highest BCUT2D eigenvalue weighted by molar-refractivity contribution is 9.10. The number of benzene rings is 1. The molecule has 25 heavy (non-hydrogen) atoms. The second kappa shape index (κ2) is 7.84. The monoisotopic (exact) mass is 420 g/mol. The number of rotatable bonds is 6. The molecule has 1 aromatic carbocycles. The summed E-state index contributed by atoms with van der Waals surface area (Å²) < 4.78 is 6.47. The molecule has 130 valence electrons. The molecule has 0 radical (unpaired) electrons. The van der Waals surface area contributed by atoms with Gasteiger partial charge in [0.2, 0.25) is 5.91 Å². The van der Waals surface area contributed by atoms with Gasteiger partial charge in [-0.05, 0) is 46.4 Å². The van der Waals surface area contributed by atoms with Crippen molar-refractivity contribution in [2.75, 3.05) is 13.1 Å². The van der Waals surface area contributed by atoms with Gasteiger partial charge >= 0.3 is 0 Å². The summed E-state index contributed by atoms with van der Waals surface area (Å²) in [5.41, 5.74) is 0.629. The third-order valence-electron chi connectivity index (χ3n) is 3.75. The molecule has 0 aliphatic carbocycles. The van der Waals surface area contributed by atoms with Crippen LogP contribution in [0, 0.1) is 0 Å². The number of thiophene rings is 1. The number of amides is 2. The van der Waals surface area contributed by atoms with Gasteiger partial charge in [-0.2, -0.15) is 0 Å². The fourth-order valence-corrected chi connectivity index (χ4v) is 3.55. The molecule has 2 aromatic heterocycles. The average molecular weight is 421 g/mol. The highest BCUT2D eigenvalue weighted by Gasteiger charge is 2.21. The first kappa shape index (κ1) is 17.7. The lowest BCUT2D eigenvalue weighted by atomic mass is 10.2. The van der Waals surface area contributed by atoms with Gasteiger partial charge in [-0.15, -0.1) is 11.3 Å². The molecular weight excluding hydrogens is 404 g/mol. The number of likely N-dealkylation sites (N-methyl/N-ethyl adjacent to an activating group) is 1. The highest BCUT2D eigenvalue weighted by Crippen LogP contribution is 2.27. The first-order valence-corrected chi connectivity index (χ1v) is 9.52. The van der Waals surface area contributed by atoms with Gasteiger partial charge in [0.15, 0.2) is 5.76 Å². The summed E-state index contributed by atoms with van der Waals surface area (Å²) in [5.74, 6) is -0.257. The van der Waals surface area contributed by atoms with E-state index in [1.54, 1.807) is 17.4 Å². The quantitative estimate of drug-likeness (QED) is 0.654. The molecule has 0 saturated carbocycles. The lowest BCUT2D eigenvalue weighted by Crippen LogP contribution is -2.40. The largest absolute Gasteiger partial charge is 0.450 e. The summed E-state index contributed by atoms with van der Waals surface area (Å²) in [6.07, 6.45) is 0. The topological polar surface area (TPSA) is 62.6 Å². The molecule has 0 atom stereocenters. The maximum Gasteiger partial charge on any atom is 0.290 e. The van der Waals surface area contributed by atoms with Crippen molar-refractivity contribution in [3.63, 3.8) is 0 Å². The van der Waals surface area contributed by atoms with E-state index in [1.165, 1.54) is 4.90 Å². The second-order valence-corrected chi connectivity index (χ2v) is 7.33. The number of hydrogen-bond donors (Lipinski definition) is 1. The molecule has 0 aliphatic heterocycles. The van der Waals surface area contributed by atoms with Crippen molar-refractivity contribution in [3.05, 3.63) is 56.9 Å². The summed E-state index contributed by atoms with van der Waals surface area (Å²) in [5, 5.41) is 5.64. The van der Waals surface area contributed by atoms with Gasteiger partial charge in [0.25, 0.3) is 5.91 Å². The zero-order chi connectivity index (χ0) is 17.8. The molecule has 0 aliphatic rings. The molecule has 5 nitrogen and oxygen atoms in total. The minimum atomic E-state index is -0.295. The number of furan rings is 1. The number of carbonyl (C=O) groups excluding carboxylic acids is 2. The van der Waals surface area contributed by atoms with Crippen LogP contribution in [0.1, 0.15) is 22.4 Å². The minimum absolute atomic E-state index is 0.00107. The van der Waals surface area contributed by atoms with Crippen molar-refractivity contribution in [3.8, 4) is 0 Å². The summed E-state index contributed by atoms with van der Waals surface area (Å²) in [6.45, 7) is 2.73. The Kier molecular flexibility index (Phi) is 5.55. The van der Waals surface area contributed by atoms with Crippen LogP contribution in [0.25, 0.3) is 11.0 Å². The third-order valence-corrected chi connectivity index (χ3v) is 5.25. The molecular formula is C18H17BrN2O3S. The smallest absolute Gasteiger partial charge is 0.290 e. The Hall–Kier alpha value is -2.12. The van der Waals surface area contributed by atoms with Crippen molar-refractivity contribution in [1.82, 2.24) is 10.2 Å². The highest BCUT2D eigenvalue weighted by atomic mass is 79.9. The fraction of sp³-hybridized carbons (Fsp3) is 0.222.